The molecule has 0 N–H and O–H groups in total. The summed E-state index contributed by atoms with van der Waals surface area (Å²) in [4.78, 5) is 34.5. The van der Waals surface area contributed by atoms with Crippen molar-refractivity contribution in [3.05, 3.63) is 118 Å². The number of Topliss-reactive ketones (excluding diaryl/α,β-unsaturated/α-hetero) is 2. The van der Waals surface area contributed by atoms with Gasteiger partial charge in [0.2, 0.25) is 0 Å². The van der Waals surface area contributed by atoms with Gasteiger partial charge in [0.1, 0.15) is 0 Å². The number of carbonyl (C=O) groups excluding carboxylic acids is 2. The summed E-state index contributed by atoms with van der Waals surface area (Å²) >= 11 is 3.63. The summed E-state index contributed by atoms with van der Waals surface area (Å²) in [6.07, 6.45) is 1.81. The number of hydrogen-bond acceptors (Lipinski definition) is 5. The summed E-state index contributed by atoms with van der Waals surface area (Å²) in [5.74, 6) is -0.385. The Kier molecular flexibility index (Phi) is 4.30. The third-order valence-corrected chi connectivity index (χ3v) is 10.9. The average Bonchev–Trinajstić information content (AvgIpc) is 3.18. The van der Waals surface area contributed by atoms with Crippen LogP contribution in [0.3, 0.4) is 0 Å². The first-order valence-corrected chi connectivity index (χ1v) is 15.0. The van der Waals surface area contributed by atoms with Crippen LogP contribution in [0, 0.1) is 0 Å². The Morgan fingerprint density at radius 1 is 0.625 bits per heavy atom. The number of benzene rings is 5. The molecule has 0 saturated heterocycles. The van der Waals surface area contributed by atoms with E-state index < -0.39 is 0 Å². The minimum absolute atomic E-state index is 0.193. The van der Waals surface area contributed by atoms with Gasteiger partial charge in [-0.1, -0.05) is 79.8 Å². The van der Waals surface area contributed by atoms with Crippen LogP contribution in [0.15, 0.2) is 110 Å². The average molecular weight is 552 g/mol. The van der Waals surface area contributed by atoms with Crippen molar-refractivity contribution in [3.63, 3.8) is 0 Å². The molecule has 0 atom stereocenters. The number of allylic oxidation sites excluding steroid dienone is 1. The normalized spacial score (nSPS) is 16.8. The molecule has 3 heterocycles. The second-order valence-electron chi connectivity index (χ2n) is 11.3. The number of anilines is 3. The van der Waals surface area contributed by atoms with Gasteiger partial charge in [0, 0.05) is 36.1 Å². The van der Waals surface area contributed by atoms with Gasteiger partial charge in [0.15, 0.2) is 11.6 Å². The number of carbonyl (C=O) groups is 2. The van der Waals surface area contributed by atoms with Gasteiger partial charge in [-0.25, -0.2) is 0 Å². The first-order valence-electron chi connectivity index (χ1n) is 13.3. The van der Waals surface area contributed by atoms with Crippen LogP contribution in [0.2, 0.25) is 0 Å². The second-order valence-corrected chi connectivity index (χ2v) is 13.5. The standard InChI is InChI=1S/C35H21NO2S2/c1-35(2)24-9-5-10-26-30(24)36-31-25(35)14-18(15-29(31)40-28-12-6-11-27(39-26)32(28)36)13-23-33(37)21-16-19-7-3-4-8-20(19)17-22(21)34(23)38/h3-17H,1-2H3. The molecule has 9 rings (SSSR count). The first-order chi connectivity index (χ1) is 19.4. The lowest BCUT2D eigenvalue weighted by molar-refractivity contribution is 0.0990. The lowest BCUT2D eigenvalue weighted by Crippen LogP contribution is -2.34. The van der Waals surface area contributed by atoms with E-state index in [0.29, 0.717) is 11.1 Å². The van der Waals surface area contributed by atoms with Crippen molar-refractivity contribution in [3.8, 4) is 0 Å². The van der Waals surface area contributed by atoms with E-state index in [4.69, 9.17) is 0 Å². The number of ketones is 2. The fraction of sp³-hybridized carbons (Fsp3) is 0.0857. The van der Waals surface area contributed by atoms with E-state index in [2.05, 4.69) is 67.3 Å². The highest BCUT2D eigenvalue weighted by molar-refractivity contribution is 8.00. The monoisotopic (exact) mass is 551 g/mol. The highest BCUT2D eigenvalue weighted by atomic mass is 32.2. The van der Waals surface area contributed by atoms with E-state index in [-0.39, 0.29) is 22.6 Å². The van der Waals surface area contributed by atoms with Gasteiger partial charge >= 0.3 is 0 Å². The zero-order valence-electron chi connectivity index (χ0n) is 21.7. The smallest absolute Gasteiger partial charge is 0.197 e. The molecule has 0 radical (unpaired) electrons. The van der Waals surface area contributed by atoms with Gasteiger partial charge in [-0.15, -0.1) is 0 Å². The Labute approximate surface area is 239 Å². The zero-order valence-corrected chi connectivity index (χ0v) is 23.4. The fourth-order valence-corrected chi connectivity index (χ4v) is 9.11. The predicted molar refractivity (Wildman–Crippen MR) is 162 cm³/mol. The fourth-order valence-electron chi connectivity index (χ4n) is 6.75. The lowest BCUT2D eigenvalue weighted by Gasteiger charge is -2.48. The number of hydrogen-bond donors (Lipinski definition) is 0. The summed E-state index contributed by atoms with van der Waals surface area (Å²) in [6, 6.07) is 29.1. The van der Waals surface area contributed by atoms with Gasteiger partial charge in [0.05, 0.1) is 22.6 Å². The van der Waals surface area contributed by atoms with E-state index in [1.54, 1.807) is 11.8 Å². The molecule has 40 heavy (non-hydrogen) atoms. The van der Waals surface area contributed by atoms with E-state index in [0.717, 1.165) is 21.2 Å². The van der Waals surface area contributed by atoms with Crippen molar-refractivity contribution in [1.29, 1.82) is 0 Å². The highest BCUT2D eigenvalue weighted by Crippen LogP contribution is 2.66. The van der Waals surface area contributed by atoms with Crippen molar-refractivity contribution in [2.45, 2.75) is 38.8 Å². The molecule has 1 aliphatic carbocycles. The highest BCUT2D eigenvalue weighted by Gasteiger charge is 2.45. The summed E-state index contributed by atoms with van der Waals surface area (Å²) < 4.78 is 0. The molecule has 0 spiro atoms. The Balaban J connectivity index is 1.26. The van der Waals surface area contributed by atoms with Crippen LogP contribution in [-0.4, -0.2) is 11.6 Å². The molecule has 0 unspecified atom stereocenters. The second kappa shape index (κ2) is 7.57. The molecule has 0 saturated carbocycles. The molecule has 3 nitrogen and oxygen atoms in total. The Morgan fingerprint density at radius 2 is 1.20 bits per heavy atom. The number of nitrogens with zero attached hydrogens (tertiary/aromatic N) is 1. The molecule has 0 amide bonds. The molecular formula is C35H21NO2S2. The summed E-state index contributed by atoms with van der Waals surface area (Å²) in [6.45, 7) is 4.57. The van der Waals surface area contributed by atoms with Crippen molar-refractivity contribution in [2.24, 2.45) is 0 Å². The minimum Gasteiger partial charge on any atom is -0.305 e. The largest absolute Gasteiger partial charge is 0.305 e. The van der Waals surface area contributed by atoms with Gasteiger partial charge in [-0.3, -0.25) is 9.59 Å². The lowest BCUT2D eigenvalue weighted by atomic mass is 9.73. The quantitative estimate of drug-likeness (QED) is 0.150. The summed E-state index contributed by atoms with van der Waals surface area (Å²) in [5.41, 5.74) is 8.13. The molecule has 0 aromatic heterocycles. The molecule has 5 aromatic rings. The van der Waals surface area contributed by atoms with E-state index in [1.807, 2.05) is 54.2 Å². The van der Waals surface area contributed by atoms with Gasteiger partial charge in [-0.2, -0.15) is 0 Å². The van der Waals surface area contributed by atoms with Crippen molar-refractivity contribution in [1.82, 2.24) is 0 Å². The van der Waals surface area contributed by atoms with Crippen LogP contribution in [-0.2, 0) is 5.41 Å². The van der Waals surface area contributed by atoms with Crippen molar-refractivity contribution in [2.75, 3.05) is 4.90 Å². The maximum atomic E-state index is 13.6. The number of para-hydroxylation sites is 2. The van der Waals surface area contributed by atoms with Crippen LogP contribution in [0.1, 0.15) is 51.3 Å². The van der Waals surface area contributed by atoms with Crippen molar-refractivity contribution >= 4 is 69.0 Å². The predicted octanol–water partition coefficient (Wildman–Crippen LogP) is 9.34. The molecule has 4 aliphatic rings. The molecular weight excluding hydrogens is 531 g/mol. The molecule has 0 bridgehead atoms. The maximum absolute atomic E-state index is 13.6. The zero-order chi connectivity index (χ0) is 26.9. The SMILES string of the molecule is CC1(C)c2cccc3c2N2c4c(cccc4Sc4cc(C=C5C(=O)c6cc7ccccc7cc6C5=O)cc1c42)S3. The third kappa shape index (κ3) is 2.79. The van der Waals surface area contributed by atoms with Crippen molar-refractivity contribution < 1.29 is 9.59 Å². The number of rotatable bonds is 1. The Bertz CT molecular complexity index is 2030. The minimum atomic E-state index is -0.254. The summed E-state index contributed by atoms with van der Waals surface area (Å²) in [7, 11) is 0. The first kappa shape index (κ1) is 22.7. The van der Waals surface area contributed by atoms with E-state index in [9.17, 15) is 9.59 Å². The van der Waals surface area contributed by atoms with E-state index in [1.165, 1.54) is 42.9 Å². The van der Waals surface area contributed by atoms with Crippen LogP contribution < -0.4 is 4.90 Å². The topological polar surface area (TPSA) is 37.4 Å². The molecule has 3 aliphatic heterocycles. The van der Waals surface area contributed by atoms with Gasteiger partial charge in [0.25, 0.3) is 0 Å². The molecule has 5 aromatic carbocycles. The van der Waals surface area contributed by atoms with Gasteiger partial charge in [-0.05, 0) is 76.0 Å². The molecule has 190 valence electrons. The summed E-state index contributed by atoms with van der Waals surface area (Å²) in [5, 5.41) is 1.94. The molecule has 0 fully saturated rings. The third-order valence-electron chi connectivity index (χ3n) is 8.69. The Hall–Kier alpha value is -4.06. The van der Waals surface area contributed by atoms with Crippen LogP contribution >= 0.6 is 23.5 Å². The van der Waals surface area contributed by atoms with Crippen LogP contribution in [0.25, 0.3) is 16.8 Å². The van der Waals surface area contributed by atoms with Crippen LogP contribution in [0.5, 0.6) is 0 Å². The van der Waals surface area contributed by atoms with Gasteiger partial charge < -0.3 is 4.90 Å². The Morgan fingerprint density at radius 3 is 1.88 bits per heavy atom. The molecule has 5 heteroatoms. The van der Waals surface area contributed by atoms with Crippen LogP contribution in [0.4, 0.5) is 17.1 Å². The van der Waals surface area contributed by atoms with E-state index >= 15 is 0 Å². The number of fused-ring (bicyclic) bond motifs is 2. The maximum Gasteiger partial charge on any atom is 0.197 e.